The minimum Gasteiger partial charge on any atom is -0.464 e. The maximum Gasteiger partial charge on any atom is 0.331 e. The fourth-order valence-corrected chi connectivity index (χ4v) is 3.91. The normalized spacial score (nSPS) is 16.5. The lowest BCUT2D eigenvalue weighted by atomic mass is 9.78. The first-order valence-electron chi connectivity index (χ1n) is 11.9. The summed E-state index contributed by atoms with van der Waals surface area (Å²) in [6, 6.07) is -2.31. The molecule has 0 radical (unpaired) electrons. The number of unbranched alkanes of at least 4 members (excludes halogenated alkanes) is 2. The molecule has 1 saturated carbocycles. The molecule has 0 spiro atoms. The van der Waals surface area contributed by atoms with E-state index in [0.717, 1.165) is 25.7 Å². The number of ether oxygens (including phenoxy) is 2. The summed E-state index contributed by atoms with van der Waals surface area (Å²) in [6.45, 7) is 3.19. The summed E-state index contributed by atoms with van der Waals surface area (Å²) in [5, 5.41) is 24.0. The van der Waals surface area contributed by atoms with E-state index < -0.39 is 54.5 Å². The van der Waals surface area contributed by atoms with Gasteiger partial charge in [0, 0.05) is 12.8 Å². The third-order valence-corrected chi connectivity index (χ3v) is 5.82. The van der Waals surface area contributed by atoms with Crippen molar-refractivity contribution in [2.45, 2.75) is 90.1 Å². The van der Waals surface area contributed by atoms with Gasteiger partial charge in [-0.2, -0.15) is 0 Å². The molecular weight excluding hydrogens is 432 g/mol. The molecule has 10 nitrogen and oxygen atoms in total. The number of hydrogen-bond acceptors (Lipinski definition) is 8. The standard InChI is InChI=1S/C23H40N2O8/c1-3-5-11-32-21(30)17(15-26)24-19(28)13-23(9-7-8-10-23)14-20(29)25-18(16-27)22(31)33-12-6-4-2/h17-18,26-27H,3-16H2,1-2H3,(H,24,28)(H,25,29)/t17-,18-/m1/s1. The molecule has 0 saturated heterocycles. The van der Waals surface area contributed by atoms with E-state index in [9.17, 15) is 29.4 Å². The quantitative estimate of drug-likeness (QED) is 0.192. The zero-order valence-corrected chi connectivity index (χ0v) is 19.9. The smallest absolute Gasteiger partial charge is 0.331 e. The molecule has 1 fully saturated rings. The zero-order valence-electron chi connectivity index (χ0n) is 19.9. The first kappa shape index (κ1) is 28.8. The van der Waals surface area contributed by atoms with Crippen molar-refractivity contribution in [3.63, 3.8) is 0 Å². The summed E-state index contributed by atoms with van der Waals surface area (Å²) in [5.74, 6) is -2.28. The first-order chi connectivity index (χ1) is 15.8. The summed E-state index contributed by atoms with van der Waals surface area (Å²) >= 11 is 0. The van der Waals surface area contributed by atoms with Gasteiger partial charge in [-0.15, -0.1) is 0 Å². The topological polar surface area (TPSA) is 151 Å². The van der Waals surface area contributed by atoms with Gasteiger partial charge in [-0.3, -0.25) is 9.59 Å². The second-order valence-corrected chi connectivity index (χ2v) is 8.71. The van der Waals surface area contributed by atoms with E-state index in [1.54, 1.807) is 0 Å². The number of nitrogens with one attached hydrogen (secondary N) is 2. The minimum atomic E-state index is -1.15. The van der Waals surface area contributed by atoms with E-state index in [1.165, 1.54) is 0 Å². The van der Waals surface area contributed by atoms with Crippen LogP contribution in [0.1, 0.15) is 78.1 Å². The van der Waals surface area contributed by atoms with Crippen LogP contribution in [-0.2, 0) is 28.7 Å². The molecule has 10 heteroatoms. The van der Waals surface area contributed by atoms with Gasteiger partial charge in [0.15, 0.2) is 12.1 Å². The highest BCUT2D eigenvalue weighted by molar-refractivity contribution is 5.87. The molecular formula is C23H40N2O8. The van der Waals surface area contributed by atoms with Crippen LogP contribution < -0.4 is 10.6 Å². The number of carbonyl (C=O) groups is 4. The highest BCUT2D eigenvalue weighted by Gasteiger charge is 2.39. The number of aliphatic hydroxyl groups is 2. The van der Waals surface area contributed by atoms with E-state index in [4.69, 9.17) is 9.47 Å². The Hall–Kier alpha value is -2.20. The van der Waals surface area contributed by atoms with E-state index in [1.807, 2.05) is 13.8 Å². The molecule has 1 aliphatic rings. The summed E-state index contributed by atoms with van der Waals surface area (Å²) in [5.41, 5.74) is -0.619. The Morgan fingerprint density at radius 3 is 1.52 bits per heavy atom. The van der Waals surface area contributed by atoms with Crippen LogP contribution in [0.4, 0.5) is 0 Å². The van der Waals surface area contributed by atoms with Crippen LogP contribution in [-0.4, -0.2) is 72.5 Å². The highest BCUT2D eigenvalue weighted by Crippen LogP contribution is 2.44. The minimum absolute atomic E-state index is 0.00387. The van der Waals surface area contributed by atoms with E-state index in [-0.39, 0.29) is 26.1 Å². The largest absolute Gasteiger partial charge is 0.464 e. The van der Waals surface area contributed by atoms with E-state index in [0.29, 0.717) is 25.7 Å². The second-order valence-electron chi connectivity index (χ2n) is 8.71. The summed E-state index contributed by atoms with van der Waals surface area (Å²) in [7, 11) is 0. The third-order valence-electron chi connectivity index (χ3n) is 5.82. The van der Waals surface area contributed by atoms with Gasteiger partial charge in [-0.1, -0.05) is 39.5 Å². The SMILES string of the molecule is CCCCOC(=O)[C@@H](CO)NC(=O)CC1(CC(=O)N[C@H](CO)C(=O)OCCCC)CCCC1. The van der Waals surface area contributed by atoms with Crippen LogP contribution in [0.5, 0.6) is 0 Å². The van der Waals surface area contributed by atoms with Gasteiger partial charge in [-0.05, 0) is 31.1 Å². The molecule has 0 aromatic heterocycles. The predicted molar refractivity (Wildman–Crippen MR) is 120 cm³/mol. The van der Waals surface area contributed by atoms with Crippen LogP contribution in [0.2, 0.25) is 0 Å². The molecule has 0 aromatic carbocycles. The Balaban J connectivity index is 2.66. The summed E-state index contributed by atoms with van der Waals surface area (Å²) in [6.07, 6.45) is 6.08. The lowest BCUT2D eigenvalue weighted by molar-refractivity contribution is -0.149. The fourth-order valence-electron chi connectivity index (χ4n) is 3.91. The Labute approximate surface area is 195 Å². The molecule has 0 bridgehead atoms. The van der Waals surface area contributed by atoms with Crippen molar-refractivity contribution in [3.8, 4) is 0 Å². The summed E-state index contributed by atoms with van der Waals surface area (Å²) < 4.78 is 10.1. The van der Waals surface area contributed by atoms with Crippen LogP contribution in [0.25, 0.3) is 0 Å². The highest BCUT2D eigenvalue weighted by atomic mass is 16.5. The average molecular weight is 473 g/mol. The van der Waals surface area contributed by atoms with Gasteiger partial charge in [0.05, 0.1) is 26.4 Å². The molecule has 1 rings (SSSR count). The molecule has 2 amide bonds. The molecule has 0 aromatic rings. The maximum atomic E-state index is 12.6. The molecule has 0 heterocycles. The molecule has 33 heavy (non-hydrogen) atoms. The van der Waals surface area contributed by atoms with Crippen molar-refractivity contribution in [1.82, 2.24) is 10.6 Å². The third kappa shape index (κ3) is 10.5. The first-order valence-corrected chi connectivity index (χ1v) is 11.9. The van der Waals surface area contributed by atoms with Crippen molar-refractivity contribution < 1.29 is 38.9 Å². The predicted octanol–water partition coefficient (Wildman–Crippen LogP) is 0.968. The Kier molecular flexibility index (Phi) is 13.6. The molecule has 4 N–H and O–H groups in total. The average Bonchev–Trinajstić information content (AvgIpc) is 3.23. The van der Waals surface area contributed by atoms with Crippen LogP contribution in [0.15, 0.2) is 0 Å². The lowest BCUT2D eigenvalue weighted by Crippen LogP contribution is -2.47. The van der Waals surface area contributed by atoms with Gasteiger partial charge >= 0.3 is 11.9 Å². The van der Waals surface area contributed by atoms with Crippen LogP contribution >= 0.6 is 0 Å². The molecule has 2 atom stereocenters. The van der Waals surface area contributed by atoms with Crippen molar-refractivity contribution in [2.75, 3.05) is 26.4 Å². The molecule has 1 aliphatic carbocycles. The number of rotatable bonds is 16. The number of amides is 2. The van der Waals surface area contributed by atoms with Crippen molar-refractivity contribution in [3.05, 3.63) is 0 Å². The Bertz CT molecular complexity index is 586. The van der Waals surface area contributed by atoms with Gasteiger partial charge in [0.2, 0.25) is 11.8 Å². The number of aliphatic hydroxyl groups excluding tert-OH is 2. The molecule has 0 unspecified atom stereocenters. The van der Waals surface area contributed by atoms with E-state index >= 15 is 0 Å². The van der Waals surface area contributed by atoms with Crippen molar-refractivity contribution in [2.24, 2.45) is 5.41 Å². The van der Waals surface area contributed by atoms with Gasteiger partial charge < -0.3 is 30.3 Å². The number of esters is 2. The van der Waals surface area contributed by atoms with Crippen molar-refractivity contribution >= 4 is 23.8 Å². The summed E-state index contributed by atoms with van der Waals surface area (Å²) in [4.78, 5) is 49.4. The Morgan fingerprint density at radius 2 is 1.18 bits per heavy atom. The monoisotopic (exact) mass is 472 g/mol. The van der Waals surface area contributed by atoms with Crippen LogP contribution in [0.3, 0.4) is 0 Å². The van der Waals surface area contributed by atoms with Gasteiger partial charge in [0.1, 0.15) is 0 Å². The van der Waals surface area contributed by atoms with E-state index in [2.05, 4.69) is 10.6 Å². The zero-order chi connectivity index (χ0) is 24.7. The van der Waals surface area contributed by atoms with Crippen molar-refractivity contribution in [1.29, 1.82) is 0 Å². The molecule has 0 aliphatic heterocycles. The second kappa shape index (κ2) is 15.6. The van der Waals surface area contributed by atoms with Gasteiger partial charge in [0.25, 0.3) is 0 Å². The number of carbonyl (C=O) groups excluding carboxylic acids is 4. The molecule has 190 valence electrons. The fraction of sp³-hybridized carbons (Fsp3) is 0.826. The lowest BCUT2D eigenvalue weighted by Gasteiger charge is -2.29. The Morgan fingerprint density at radius 1 is 0.788 bits per heavy atom. The maximum absolute atomic E-state index is 12.6. The van der Waals surface area contributed by atoms with Crippen LogP contribution in [0, 0.1) is 5.41 Å². The van der Waals surface area contributed by atoms with Gasteiger partial charge in [-0.25, -0.2) is 9.59 Å². The number of hydrogen-bond donors (Lipinski definition) is 4.